The quantitative estimate of drug-likeness (QED) is 0.719. The first-order chi connectivity index (χ1) is 7.15. The third-order valence-corrected chi connectivity index (χ3v) is 2.70. The highest BCUT2D eigenvalue weighted by Crippen LogP contribution is 2.20. The zero-order valence-corrected chi connectivity index (χ0v) is 8.98. The lowest BCUT2D eigenvalue weighted by atomic mass is 10.1. The Kier molecular flexibility index (Phi) is 2.77. The standard InChI is InChI=1S/C11H17N3O/c1-8-5-10(12)13-11(6-8)14-4-2-3-9(15)7-14/h5-6,9,15H,2-4,7H2,1H3,(H2,12,13). The highest BCUT2D eigenvalue weighted by molar-refractivity contribution is 5.48. The number of hydrogen-bond acceptors (Lipinski definition) is 4. The Morgan fingerprint density at radius 1 is 1.53 bits per heavy atom. The molecule has 2 heterocycles. The van der Waals surface area contributed by atoms with Gasteiger partial charge >= 0.3 is 0 Å². The van der Waals surface area contributed by atoms with E-state index in [1.165, 1.54) is 0 Å². The van der Waals surface area contributed by atoms with Crippen molar-refractivity contribution in [2.45, 2.75) is 25.9 Å². The van der Waals surface area contributed by atoms with E-state index in [0.29, 0.717) is 12.4 Å². The zero-order valence-electron chi connectivity index (χ0n) is 8.98. The van der Waals surface area contributed by atoms with E-state index in [2.05, 4.69) is 9.88 Å². The van der Waals surface area contributed by atoms with Crippen molar-refractivity contribution in [2.24, 2.45) is 0 Å². The molecule has 0 aliphatic carbocycles. The lowest BCUT2D eigenvalue weighted by Gasteiger charge is -2.31. The molecule has 2 rings (SSSR count). The van der Waals surface area contributed by atoms with Crippen LogP contribution in [-0.4, -0.2) is 29.3 Å². The van der Waals surface area contributed by atoms with Gasteiger partial charge in [-0.05, 0) is 37.5 Å². The van der Waals surface area contributed by atoms with Crippen LogP contribution in [-0.2, 0) is 0 Å². The summed E-state index contributed by atoms with van der Waals surface area (Å²) in [5.41, 5.74) is 6.81. The fourth-order valence-corrected chi connectivity index (χ4v) is 2.00. The predicted octanol–water partition coefficient (Wildman–Crippen LogP) is 0.933. The van der Waals surface area contributed by atoms with Gasteiger partial charge in [0.15, 0.2) is 0 Å². The largest absolute Gasteiger partial charge is 0.391 e. The molecule has 1 aromatic rings. The summed E-state index contributed by atoms with van der Waals surface area (Å²) < 4.78 is 0. The lowest BCUT2D eigenvalue weighted by molar-refractivity contribution is 0.154. The molecule has 1 aliphatic rings. The molecule has 1 aromatic heterocycles. The summed E-state index contributed by atoms with van der Waals surface area (Å²) in [5, 5.41) is 9.58. The average molecular weight is 207 g/mol. The van der Waals surface area contributed by atoms with E-state index in [-0.39, 0.29) is 6.10 Å². The predicted molar refractivity (Wildman–Crippen MR) is 60.8 cm³/mol. The average Bonchev–Trinajstić information content (AvgIpc) is 2.16. The minimum absolute atomic E-state index is 0.234. The van der Waals surface area contributed by atoms with Crippen LogP contribution in [0.1, 0.15) is 18.4 Å². The second-order valence-corrected chi connectivity index (χ2v) is 4.17. The van der Waals surface area contributed by atoms with E-state index < -0.39 is 0 Å². The van der Waals surface area contributed by atoms with E-state index >= 15 is 0 Å². The van der Waals surface area contributed by atoms with Gasteiger partial charge in [-0.15, -0.1) is 0 Å². The van der Waals surface area contributed by atoms with Gasteiger partial charge in [-0.2, -0.15) is 0 Å². The molecule has 1 unspecified atom stereocenters. The van der Waals surface area contributed by atoms with E-state index in [4.69, 9.17) is 5.73 Å². The number of pyridine rings is 1. The first-order valence-corrected chi connectivity index (χ1v) is 5.32. The second-order valence-electron chi connectivity index (χ2n) is 4.17. The van der Waals surface area contributed by atoms with Crippen LogP contribution in [0.25, 0.3) is 0 Å². The van der Waals surface area contributed by atoms with Gasteiger partial charge in [0.25, 0.3) is 0 Å². The van der Waals surface area contributed by atoms with E-state index in [1.54, 1.807) is 0 Å². The lowest BCUT2D eigenvalue weighted by Crippen LogP contribution is -2.38. The molecule has 15 heavy (non-hydrogen) atoms. The molecule has 1 saturated heterocycles. The third kappa shape index (κ3) is 2.39. The molecule has 4 nitrogen and oxygen atoms in total. The molecule has 0 aromatic carbocycles. The molecule has 1 atom stereocenters. The van der Waals surface area contributed by atoms with Crippen molar-refractivity contribution >= 4 is 11.6 Å². The van der Waals surface area contributed by atoms with E-state index in [9.17, 15) is 5.11 Å². The molecule has 82 valence electrons. The number of aryl methyl sites for hydroxylation is 1. The summed E-state index contributed by atoms with van der Waals surface area (Å²) in [5.74, 6) is 1.43. The number of aromatic nitrogens is 1. The van der Waals surface area contributed by atoms with E-state index in [1.807, 2.05) is 19.1 Å². The van der Waals surface area contributed by atoms with Crippen LogP contribution in [0, 0.1) is 6.92 Å². The summed E-state index contributed by atoms with van der Waals surface area (Å²) in [4.78, 5) is 6.38. The molecular formula is C11H17N3O. The summed E-state index contributed by atoms with van der Waals surface area (Å²) in [6.45, 7) is 3.62. The number of nitrogen functional groups attached to an aromatic ring is 1. The van der Waals surface area contributed by atoms with Crippen molar-refractivity contribution in [3.05, 3.63) is 17.7 Å². The SMILES string of the molecule is Cc1cc(N)nc(N2CCCC(O)C2)c1. The maximum absolute atomic E-state index is 9.58. The number of anilines is 2. The molecule has 1 fully saturated rings. The minimum atomic E-state index is -0.234. The Balaban J connectivity index is 2.20. The van der Waals surface area contributed by atoms with Gasteiger partial charge in [0.2, 0.25) is 0 Å². The van der Waals surface area contributed by atoms with Crippen molar-refractivity contribution in [2.75, 3.05) is 23.7 Å². The topological polar surface area (TPSA) is 62.4 Å². The number of aliphatic hydroxyl groups is 1. The van der Waals surface area contributed by atoms with Crippen molar-refractivity contribution in [1.29, 1.82) is 0 Å². The van der Waals surface area contributed by atoms with Gasteiger partial charge in [0, 0.05) is 13.1 Å². The van der Waals surface area contributed by atoms with Crippen LogP contribution in [0.3, 0.4) is 0 Å². The van der Waals surface area contributed by atoms with Gasteiger partial charge in [0.1, 0.15) is 11.6 Å². The Morgan fingerprint density at radius 2 is 2.33 bits per heavy atom. The molecular weight excluding hydrogens is 190 g/mol. The first kappa shape index (κ1) is 10.2. The summed E-state index contributed by atoms with van der Waals surface area (Å²) in [6, 6.07) is 3.86. The van der Waals surface area contributed by atoms with Crippen molar-refractivity contribution in [3.8, 4) is 0 Å². The Hall–Kier alpha value is -1.29. The van der Waals surface area contributed by atoms with Crippen LogP contribution in [0.4, 0.5) is 11.6 Å². The fraction of sp³-hybridized carbons (Fsp3) is 0.545. The molecule has 3 N–H and O–H groups in total. The first-order valence-electron chi connectivity index (χ1n) is 5.32. The van der Waals surface area contributed by atoms with Crippen LogP contribution in [0.2, 0.25) is 0 Å². The van der Waals surface area contributed by atoms with Gasteiger partial charge in [-0.25, -0.2) is 4.98 Å². The third-order valence-electron chi connectivity index (χ3n) is 2.70. The van der Waals surface area contributed by atoms with Gasteiger partial charge in [-0.3, -0.25) is 0 Å². The summed E-state index contributed by atoms with van der Waals surface area (Å²) >= 11 is 0. The molecule has 0 saturated carbocycles. The number of piperidine rings is 1. The Labute approximate surface area is 89.7 Å². The van der Waals surface area contributed by atoms with Crippen molar-refractivity contribution in [3.63, 3.8) is 0 Å². The molecule has 0 bridgehead atoms. The second kappa shape index (κ2) is 4.06. The number of β-amino-alcohol motifs (C(OH)–C–C–N with tert-alkyl or cyclic N) is 1. The van der Waals surface area contributed by atoms with Crippen molar-refractivity contribution in [1.82, 2.24) is 4.98 Å². The molecule has 0 spiro atoms. The Morgan fingerprint density at radius 3 is 3.00 bits per heavy atom. The zero-order chi connectivity index (χ0) is 10.8. The fourth-order valence-electron chi connectivity index (χ4n) is 2.00. The number of nitrogens with zero attached hydrogens (tertiary/aromatic N) is 2. The molecule has 0 radical (unpaired) electrons. The molecule has 4 heteroatoms. The summed E-state index contributed by atoms with van der Waals surface area (Å²) in [6.07, 6.45) is 1.66. The van der Waals surface area contributed by atoms with Gasteiger partial charge in [-0.1, -0.05) is 0 Å². The smallest absolute Gasteiger partial charge is 0.131 e. The van der Waals surface area contributed by atoms with Gasteiger partial charge < -0.3 is 15.7 Å². The maximum atomic E-state index is 9.58. The monoisotopic (exact) mass is 207 g/mol. The van der Waals surface area contributed by atoms with Crippen LogP contribution in [0.5, 0.6) is 0 Å². The van der Waals surface area contributed by atoms with Crippen LogP contribution < -0.4 is 10.6 Å². The highest BCUT2D eigenvalue weighted by Gasteiger charge is 2.18. The minimum Gasteiger partial charge on any atom is -0.391 e. The summed E-state index contributed by atoms with van der Waals surface area (Å²) in [7, 11) is 0. The van der Waals surface area contributed by atoms with Gasteiger partial charge in [0.05, 0.1) is 6.10 Å². The number of aliphatic hydroxyl groups excluding tert-OH is 1. The van der Waals surface area contributed by atoms with Crippen molar-refractivity contribution < 1.29 is 5.11 Å². The van der Waals surface area contributed by atoms with E-state index in [0.717, 1.165) is 30.8 Å². The van der Waals surface area contributed by atoms with Crippen LogP contribution in [0.15, 0.2) is 12.1 Å². The number of hydrogen-bond donors (Lipinski definition) is 2. The Bertz CT molecular complexity index is 333. The number of nitrogens with two attached hydrogens (primary N) is 1. The number of rotatable bonds is 1. The normalized spacial score (nSPS) is 21.7. The maximum Gasteiger partial charge on any atom is 0.131 e. The highest BCUT2D eigenvalue weighted by atomic mass is 16.3. The molecule has 0 amide bonds. The molecule has 1 aliphatic heterocycles. The van der Waals surface area contributed by atoms with Crippen LogP contribution >= 0.6 is 0 Å².